The minimum Gasteiger partial charge on any atom is -0.366 e. The van der Waals surface area contributed by atoms with Crippen molar-refractivity contribution >= 4 is 46.5 Å². The van der Waals surface area contributed by atoms with Crippen LogP contribution in [-0.2, 0) is 12.3 Å². The first-order valence-corrected chi connectivity index (χ1v) is 11.9. The van der Waals surface area contributed by atoms with Crippen molar-refractivity contribution in [3.8, 4) is 0 Å². The molecule has 2 aromatic rings. The summed E-state index contributed by atoms with van der Waals surface area (Å²) in [7, 11) is 4.15. The molecule has 6 nitrogen and oxygen atoms in total. The van der Waals surface area contributed by atoms with Crippen molar-refractivity contribution in [1.29, 1.82) is 0 Å². The van der Waals surface area contributed by atoms with E-state index in [0.29, 0.717) is 0 Å². The highest BCUT2D eigenvalue weighted by atomic mass is 32.2. The topological polar surface area (TPSA) is 66.0 Å². The molecule has 0 radical (unpaired) electrons. The second-order valence-electron chi connectivity index (χ2n) is 6.40. The molecule has 0 aliphatic rings. The molecule has 2 aromatic heterocycles. The Morgan fingerprint density at radius 1 is 1.08 bits per heavy atom. The van der Waals surface area contributed by atoms with E-state index in [2.05, 4.69) is 55.7 Å². The Kier molecular flexibility index (Phi) is 10.3. The van der Waals surface area contributed by atoms with Gasteiger partial charge in [-0.2, -0.15) is 20.5 Å². The maximum atomic E-state index is 4.67. The van der Waals surface area contributed by atoms with E-state index in [1.54, 1.807) is 11.3 Å². The summed E-state index contributed by atoms with van der Waals surface area (Å²) in [5.41, 5.74) is 1.18. The smallest absolute Gasteiger partial charge is 0.184 e. The molecule has 0 atom stereocenters. The largest absolute Gasteiger partial charge is 0.366 e. The first-order valence-electron chi connectivity index (χ1n) is 9.15. The SMILES string of the molecule is CCCCCCNc1nsnc1NCCSCc1csc(CN(C)C)n1. The van der Waals surface area contributed by atoms with E-state index in [4.69, 9.17) is 0 Å². The number of hydrogen-bond donors (Lipinski definition) is 2. The van der Waals surface area contributed by atoms with Crippen LogP contribution in [0, 0.1) is 0 Å². The molecule has 9 heteroatoms. The average molecular weight is 415 g/mol. The molecular formula is C17H30N6S3. The average Bonchev–Trinajstić information content (AvgIpc) is 3.23. The third kappa shape index (κ3) is 8.20. The number of anilines is 2. The van der Waals surface area contributed by atoms with Crippen LogP contribution in [0.2, 0.25) is 0 Å². The van der Waals surface area contributed by atoms with Crippen molar-refractivity contribution in [2.24, 2.45) is 0 Å². The molecule has 0 fully saturated rings. The molecule has 0 aromatic carbocycles. The quantitative estimate of drug-likeness (QED) is 0.444. The van der Waals surface area contributed by atoms with Crippen molar-refractivity contribution in [3.63, 3.8) is 0 Å². The highest BCUT2D eigenvalue weighted by Crippen LogP contribution is 2.20. The number of rotatable bonds is 14. The van der Waals surface area contributed by atoms with Gasteiger partial charge in [0.2, 0.25) is 0 Å². The summed E-state index contributed by atoms with van der Waals surface area (Å²) < 4.78 is 8.69. The number of aromatic nitrogens is 3. The summed E-state index contributed by atoms with van der Waals surface area (Å²) in [5.74, 6) is 3.76. The van der Waals surface area contributed by atoms with E-state index >= 15 is 0 Å². The van der Waals surface area contributed by atoms with Gasteiger partial charge in [-0.1, -0.05) is 26.2 Å². The summed E-state index contributed by atoms with van der Waals surface area (Å²) in [5, 5.41) is 10.1. The van der Waals surface area contributed by atoms with E-state index in [1.165, 1.54) is 48.1 Å². The maximum Gasteiger partial charge on any atom is 0.184 e. The van der Waals surface area contributed by atoms with Crippen LogP contribution in [0.25, 0.3) is 0 Å². The predicted octanol–water partition coefficient (Wildman–Crippen LogP) is 4.39. The summed E-state index contributed by atoms with van der Waals surface area (Å²) in [4.78, 5) is 6.82. The molecule has 0 bridgehead atoms. The third-order valence-electron chi connectivity index (χ3n) is 3.65. The van der Waals surface area contributed by atoms with Crippen molar-refractivity contribution in [2.75, 3.05) is 43.6 Å². The molecule has 26 heavy (non-hydrogen) atoms. The van der Waals surface area contributed by atoms with Crippen LogP contribution >= 0.6 is 34.8 Å². The molecule has 146 valence electrons. The molecule has 0 saturated heterocycles. The summed E-state index contributed by atoms with van der Waals surface area (Å²) in [6.07, 6.45) is 5.02. The number of thioether (sulfide) groups is 1. The van der Waals surface area contributed by atoms with Crippen LogP contribution in [0.5, 0.6) is 0 Å². The van der Waals surface area contributed by atoms with Gasteiger partial charge in [-0.15, -0.1) is 11.3 Å². The van der Waals surface area contributed by atoms with Gasteiger partial charge in [-0.05, 0) is 20.5 Å². The summed E-state index contributed by atoms with van der Waals surface area (Å²) >= 11 is 4.90. The lowest BCUT2D eigenvalue weighted by molar-refractivity contribution is 0.401. The fraction of sp³-hybridized carbons (Fsp3) is 0.706. The van der Waals surface area contributed by atoms with E-state index in [0.717, 1.165) is 42.8 Å². The van der Waals surface area contributed by atoms with Crippen LogP contribution < -0.4 is 10.6 Å². The molecule has 0 aliphatic heterocycles. The van der Waals surface area contributed by atoms with Crippen LogP contribution in [0.1, 0.15) is 43.3 Å². The van der Waals surface area contributed by atoms with Gasteiger partial charge >= 0.3 is 0 Å². The van der Waals surface area contributed by atoms with Crippen LogP contribution in [-0.4, -0.2) is 51.6 Å². The Morgan fingerprint density at radius 2 is 1.85 bits per heavy atom. The van der Waals surface area contributed by atoms with Gasteiger partial charge in [0.15, 0.2) is 11.6 Å². The van der Waals surface area contributed by atoms with Gasteiger partial charge < -0.3 is 15.5 Å². The van der Waals surface area contributed by atoms with Gasteiger partial charge in [0.1, 0.15) is 5.01 Å². The number of hydrogen-bond acceptors (Lipinski definition) is 9. The number of nitrogens with one attached hydrogen (secondary N) is 2. The van der Waals surface area contributed by atoms with Gasteiger partial charge in [0, 0.05) is 36.5 Å². The van der Waals surface area contributed by atoms with Crippen LogP contribution in [0.15, 0.2) is 5.38 Å². The number of nitrogens with zero attached hydrogens (tertiary/aromatic N) is 4. The Labute approximate surface area is 169 Å². The van der Waals surface area contributed by atoms with Gasteiger partial charge in [0.05, 0.1) is 17.4 Å². The lowest BCUT2D eigenvalue weighted by atomic mass is 10.2. The Balaban J connectivity index is 1.60. The molecule has 0 unspecified atom stereocenters. The monoisotopic (exact) mass is 414 g/mol. The molecule has 2 heterocycles. The fourth-order valence-electron chi connectivity index (χ4n) is 2.36. The lowest BCUT2D eigenvalue weighted by Gasteiger charge is -2.07. The molecule has 2 rings (SSSR count). The second kappa shape index (κ2) is 12.5. The summed E-state index contributed by atoms with van der Waals surface area (Å²) in [6, 6.07) is 0. The van der Waals surface area contributed by atoms with Crippen molar-refractivity contribution < 1.29 is 0 Å². The zero-order chi connectivity index (χ0) is 18.6. The standard InChI is InChI=1S/C17H30N6S3/c1-4-5-6-7-8-18-16-17(22-26-21-16)19-9-10-24-12-14-13-25-15(20-14)11-23(2)3/h13H,4-12H2,1-3H3,(H,18,21)(H,19,22). The normalized spacial score (nSPS) is 11.2. The minimum atomic E-state index is 0.882. The Bertz CT molecular complexity index is 613. The molecule has 0 spiro atoms. The first kappa shape index (κ1) is 21.4. The third-order valence-corrected chi connectivity index (χ3v) is 6.05. The van der Waals surface area contributed by atoms with Crippen molar-refractivity contribution in [3.05, 3.63) is 16.1 Å². The zero-order valence-electron chi connectivity index (χ0n) is 16.0. The first-order chi connectivity index (χ1) is 12.7. The Morgan fingerprint density at radius 3 is 2.58 bits per heavy atom. The van der Waals surface area contributed by atoms with E-state index in [1.807, 2.05) is 11.8 Å². The molecule has 2 N–H and O–H groups in total. The summed E-state index contributed by atoms with van der Waals surface area (Å²) in [6.45, 7) is 5.00. The lowest BCUT2D eigenvalue weighted by Crippen LogP contribution is -2.10. The van der Waals surface area contributed by atoms with Gasteiger partial charge in [-0.3, -0.25) is 0 Å². The van der Waals surface area contributed by atoms with E-state index in [9.17, 15) is 0 Å². The van der Waals surface area contributed by atoms with Gasteiger partial charge in [0.25, 0.3) is 0 Å². The van der Waals surface area contributed by atoms with E-state index < -0.39 is 0 Å². The maximum absolute atomic E-state index is 4.67. The van der Waals surface area contributed by atoms with Gasteiger partial charge in [-0.25, -0.2) is 4.98 Å². The van der Waals surface area contributed by atoms with Crippen molar-refractivity contribution in [2.45, 2.75) is 44.9 Å². The van der Waals surface area contributed by atoms with Crippen LogP contribution in [0.3, 0.4) is 0 Å². The number of thiazole rings is 1. The number of unbranched alkanes of at least 4 members (excludes halogenated alkanes) is 3. The Hall–Kier alpha value is -0.900. The molecule has 0 amide bonds. The highest BCUT2D eigenvalue weighted by Gasteiger charge is 2.07. The molecular weight excluding hydrogens is 384 g/mol. The molecule has 0 aliphatic carbocycles. The predicted molar refractivity (Wildman–Crippen MR) is 117 cm³/mol. The van der Waals surface area contributed by atoms with Crippen molar-refractivity contribution in [1.82, 2.24) is 18.6 Å². The zero-order valence-corrected chi connectivity index (χ0v) is 18.4. The van der Waals surface area contributed by atoms with Crippen LogP contribution in [0.4, 0.5) is 11.6 Å². The highest BCUT2D eigenvalue weighted by molar-refractivity contribution is 7.98. The minimum absolute atomic E-state index is 0.882. The second-order valence-corrected chi connectivity index (χ2v) is 8.97. The van der Waals surface area contributed by atoms with E-state index in [-0.39, 0.29) is 0 Å². The fourth-order valence-corrected chi connectivity index (χ4v) is 4.63. The molecule has 0 saturated carbocycles.